The molecule has 4 rings (SSSR count). The minimum atomic E-state index is -1.25. The van der Waals surface area contributed by atoms with Crippen LogP contribution in [0.2, 0.25) is 0 Å². The van der Waals surface area contributed by atoms with Gasteiger partial charge in [-0.25, -0.2) is 4.79 Å². The molecule has 1 aliphatic carbocycles. The van der Waals surface area contributed by atoms with Crippen LogP contribution in [0.1, 0.15) is 79.8 Å². The number of hydrogen-bond donors (Lipinski definition) is 1. The van der Waals surface area contributed by atoms with Crippen LogP contribution in [-0.2, 0) is 16.1 Å². The van der Waals surface area contributed by atoms with Crippen molar-refractivity contribution < 1.29 is 23.9 Å². The van der Waals surface area contributed by atoms with Crippen LogP contribution in [0.4, 0.5) is 5.69 Å². The average Bonchev–Trinajstić information content (AvgIpc) is 3.25. The molecule has 0 radical (unpaired) electrons. The third kappa shape index (κ3) is 5.04. The van der Waals surface area contributed by atoms with E-state index in [4.69, 9.17) is 9.47 Å². The number of anilines is 1. The van der Waals surface area contributed by atoms with Gasteiger partial charge in [-0.2, -0.15) is 5.10 Å². The number of carbonyl (C=O) groups is 3. The van der Waals surface area contributed by atoms with E-state index in [1.54, 1.807) is 45.2 Å². The number of hydrogen-bond acceptors (Lipinski definition) is 6. The van der Waals surface area contributed by atoms with Crippen molar-refractivity contribution in [2.75, 3.05) is 18.6 Å². The van der Waals surface area contributed by atoms with Crippen LogP contribution in [0.15, 0.2) is 30.3 Å². The van der Waals surface area contributed by atoms with Gasteiger partial charge < -0.3 is 14.8 Å². The molecule has 1 saturated carbocycles. The third-order valence-corrected chi connectivity index (χ3v) is 6.90. The number of aromatic nitrogens is 2. The lowest BCUT2D eigenvalue weighted by atomic mass is 9.91. The Morgan fingerprint density at radius 2 is 1.77 bits per heavy atom. The molecule has 2 aliphatic rings. The number of nitrogens with zero attached hydrogens (tertiary/aromatic N) is 3. The molecule has 1 N–H and O–H groups in total. The first kappa shape index (κ1) is 24.8. The highest BCUT2D eigenvalue weighted by Crippen LogP contribution is 2.34. The molecule has 1 aliphatic heterocycles. The van der Waals surface area contributed by atoms with Crippen molar-refractivity contribution in [3.8, 4) is 5.75 Å². The summed E-state index contributed by atoms with van der Waals surface area (Å²) in [6, 6.07) is 8.54. The molecule has 1 atom stereocenters. The number of methoxy groups -OCH3 is 1. The Morgan fingerprint density at radius 3 is 2.40 bits per heavy atom. The van der Waals surface area contributed by atoms with Crippen molar-refractivity contribution in [1.82, 2.24) is 15.1 Å². The van der Waals surface area contributed by atoms with Crippen molar-refractivity contribution in [1.29, 1.82) is 0 Å². The first-order chi connectivity index (χ1) is 16.9. The molecular formula is C26H34N4O5. The zero-order valence-corrected chi connectivity index (χ0v) is 20.7. The fourth-order valence-corrected chi connectivity index (χ4v) is 4.96. The predicted molar refractivity (Wildman–Crippen MR) is 131 cm³/mol. The monoisotopic (exact) mass is 482 g/mol. The van der Waals surface area contributed by atoms with Crippen molar-refractivity contribution in [2.45, 2.75) is 76.9 Å². The molecule has 0 unspecified atom stereocenters. The number of fused-ring (bicyclic) bond motifs is 1. The number of amides is 2. The summed E-state index contributed by atoms with van der Waals surface area (Å²) >= 11 is 0. The van der Waals surface area contributed by atoms with Gasteiger partial charge in [-0.1, -0.05) is 32.1 Å². The second kappa shape index (κ2) is 10.5. The molecule has 35 heavy (non-hydrogen) atoms. The minimum absolute atomic E-state index is 0.0505. The van der Waals surface area contributed by atoms with Crippen molar-refractivity contribution >= 4 is 23.5 Å². The number of esters is 1. The Balaban J connectivity index is 1.70. The Hall–Kier alpha value is -3.36. The lowest BCUT2D eigenvalue weighted by Crippen LogP contribution is -2.65. The largest absolute Gasteiger partial charge is 0.497 e. The molecule has 1 fully saturated rings. The van der Waals surface area contributed by atoms with Crippen LogP contribution in [-0.4, -0.2) is 52.9 Å². The van der Waals surface area contributed by atoms with Crippen LogP contribution >= 0.6 is 0 Å². The number of nitrogens with one attached hydrogen (secondary N) is 1. The molecule has 188 valence electrons. The van der Waals surface area contributed by atoms with Gasteiger partial charge >= 0.3 is 5.97 Å². The van der Waals surface area contributed by atoms with E-state index in [2.05, 4.69) is 10.4 Å². The fourth-order valence-electron chi connectivity index (χ4n) is 4.96. The lowest BCUT2D eigenvalue weighted by Gasteiger charge is -2.43. The summed E-state index contributed by atoms with van der Waals surface area (Å²) in [6.07, 6.45) is 7.60. The van der Waals surface area contributed by atoms with E-state index >= 15 is 0 Å². The highest BCUT2D eigenvalue weighted by molar-refractivity contribution is 6.12. The third-order valence-electron chi connectivity index (χ3n) is 6.90. The van der Waals surface area contributed by atoms with Crippen molar-refractivity contribution in [3.05, 3.63) is 41.7 Å². The van der Waals surface area contributed by atoms with Gasteiger partial charge in [-0.05, 0) is 51.0 Å². The molecule has 1 aromatic heterocycles. The molecule has 0 saturated heterocycles. The Morgan fingerprint density at radius 1 is 1.11 bits per heavy atom. The predicted octanol–water partition coefficient (Wildman–Crippen LogP) is 3.72. The molecule has 2 amide bonds. The SMILES string of the molecule is CCOC(=O)c1cc2n(n1)C[C@@](C)(C(=O)NC1CCCCCCC1)N(c1ccc(OC)cc1)C2=O. The normalized spacial score (nSPS) is 21.0. The standard InChI is InChI=1S/C26H34N4O5/c1-4-35-24(32)21-16-22-23(31)30(19-12-14-20(34-3)15-13-19)26(2,17-29(22)28-21)25(33)27-18-10-8-6-5-7-9-11-18/h12-16,18H,4-11,17H2,1-3H3,(H,27,33)/t26-/m0/s1. The Labute approximate surface area is 205 Å². The van der Waals surface area contributed by atoms with Crippen LogP contribution in [0, 0.1) is 0 Å². The maximum absolute atomic E-state index is 13.8. The number of benzene rings is 1. The molecule has 2 heterocycles. The Bertz CT molecular complexity index is 1070. The maximum Gasteiger partial charge on any atom is 0.358 e. The minimum Gasteiger partial charge on any atom is -0.497 e. The van der Waals surface area contributed by atoms with E-state index in [-0.39, 0.29) is 36.5 Å². The van der Waals surface area contributed by atoms with Gasteiger partial charge in [0.05, 0.1) is 20.3 Å². The maximum atomic E-state index is 13.8. The molecule has 0 spiro atoms. The topological polar surface area (TPSA) is 103 Å². The fraction of sp³-hybridized carbons (Fsp3) is 0.538. The van der Waals surface area contributed by atoms with Gasteiger partial charge in [-0.3, -0.25) is 19.2 Å². The van der Waals surface area contributed by atoms with Gasteiger partial charge in [0.25, 0.3) is 5.91 Å². The average molecular weight is 483 g/mol. The zero-order chi connectivity index (χ0) is 25.0. The first-order valence-corrected chi connectivity index (χ1v) is 12.4. The van der Waals surface area contributed by atoms with E-state index in [1.807, 2.05) is 0 Å². The van der Waals surface area contributed by atoms with E-state index < -0.39 is 17.4 Å². The van der Waals surface area contributed by atoms with Crippen LogP contribution in [0.25, 0.3) is 0 Å². The number of rotatable bonds is 6. The van der Waals surface area contributed by atoms with E-state index in [0.29, 0.717) is 11.4 Å². The molecular weight excluding hydrogens is 448 g/mol. The molecule has 1 aromatic carbocycles. The summed E-state index contributed by atoms with van der Waals surface area (Å²) in [4.78, 5) is 41.4. The molecule has 9 heteroatoms. The second-order valence-corrected chi connectivity index (χ2v) is 9.42. The molecule has 9 nitrogen and oxygen atoms in total. The summed E-state index contributed by atoms with van der Waals surface area (Å²) in [5.41, 5.74) is -0.398. The van der Waals surface area contributed by atoms with Gasteiger partial charge in [0, 0.05) is 17.8 Å². The van der Waals surface area contributed by atoms with Gasteiger partial charge in [-0.15, -0.1) is 0 Å². The van der Waals surface area contributed by atoms with E-state index in [9.17, 15) is 14.4 Å². The highest BCUT2D eigenvalue weighted by Gasteiger charge is 2.49. The number of ether oxygens (including phenoxy) is 2. The molecule has 2 aromatic rings. The summed E-state index contributed by atoms with van der Waals surface area (Å²) in [6.45, 7) is 3.77. The quantitative estimate of drug-likeness (QED) is 0.630. The lowest BCUT2D eigenvalue weighted by molar-refractivity contribution is -0.127. The summed E-state index contributed by atoms with van der Waals surface area (Å²) in [7, 11) is 1.57. The highest BCUT2D eigenvalue weighted by atomic mass is 16.5. The van der Waals surface area contributed by atoms with E-state index in [0.717, 1.165) is 25.7 Å². The molecule has 0 bridgehead atoms. The zero-order valence-electron chi connectivity index (χ0n) is 20.7. The first-order valence-electron chi connectivity index (χ1n) is 12.4. The smallest absolute Gasteiger partial charge is 0.358 e. The van der Waals surface area contributed by atoms with Crippen LogP contribution in [0.5, 0.6) is 5.75 Å². The van der Waals surface area contributed by atoms with Gasteiger partial charge in [0.15, 0.2) is 5.69 Å². The van der Waals surface area contributed by atoms with Gasteiger partial charge in [0.2, 0.25) is 5.91 Å². The van der Waals surface area contributed by atoms with E-state index in [1.165, 1.54) is 34.9 Å². The Kier molecular flexibility index (Phi) is 7.42. The van der Waals surface area contributed by atoms with Crippen molar-refractivity contribution in [3.63, 3.8) is 0 Å². The second-order valence-electron chi connectivity index (χ2n) is 9.42. The summed E-state index contributed by atoms with van der Waals surface area (Å²) in [5, 5.41) is 7.55. The van der Waals surface area contributed by atoms with Gasteiger partial charge in [0.1, 0.15) is 17.0 Å². The van der Waals surface area contributed by atoms with Crippen LogP contribution in [0.3, 0.4) is 0 Å². The van der Waals surface area contributed by atoms with Crippen LogP contribution < -0.4 is 15.0 Å². The number of carbonyl (C=O) groups excluding carboxylic acids is 3. The summed E-state index contributed by atoms with van der Waals surface area (Å²) < 4.78 is 11.8. The van der Waals surface area contributed by atoms with Crippen molar-refractivity contribution in [2.24, 2.45) is 0 Å². The summed E-state index contributed by atoms with van der Waals surface area (Å²) in [5.74, 6) is -0.585.